The summed E-state index contributed by atoms with van der Waals surface area (Å²) in [5, 5.41) is 20.9. The molecular formula is C23H18ClN5O4S. The van der Waals surface area contributed by atoms with Crippen molar-refractivity contribution in [2.45, 2.75) is 18.1 Å². The summed E-state index contributed by atoms with van der Waals surface area (Å²) in [6.07, 6.45) is 2.19. The van der Waals surface area contributed by atoms with Crippen molar-refractivity contribution in [2.75, 3.05) is 17.2 Å². The first-order chi connectivity index (χ1) is 16.5. The Morgan fingerprint density at radius 3 is 2.74 bits per heavy atom. The number of nitro benzene ring substituents is 1. The number of amides is 1. The molecule has 0 atom stereocenters. The SMILES string of the molecule is O=C(CSc1nnc(-c2ccc(Cl)cc2)n1Cc1ccco1)N1CCc2cc([N+](=O)[O-])ccc21. The van der Waals surface area contributed by atoms with E-state index in [1.807, 2.05) is 28.8 Å². The molecule has 0 aliphatic carbocycles. The molecule has 3 heterocycles. The summed E-state index contributed by atoms with van der Waals surface area (Å²) in [5.74, 6) is 1.42. The van der Waals surface area contributed by atoms with Crippen LogP contribution in [0.5, 0.6) is 0 Å². The Hall–Kier alpha value is -3.63. The minimum atomic E-state index is -0.426. The Balaban J connectivity index is 1.36. The number of thioether (sulfide) groups is 1. The van der Waals surface area contributed by atoms with Crippen molar-refractivity contribution in [3.63, 3.8) is 0 Å². The Bertz CT molecular complexity index is 1350. The van der Waals surface area contributed by atoms with Gasteiger partial charge in [-0.05, 0) is 54.4 Å². The molecule has 4 aromatic rings. The molecule has 0 saturated heterocycles. The molecule has 2 aromatic heterocycles. The van der Waals surface area contributed by atoms with Crippen molar-refractivity contribution in [1.82, 2.24) is 14.8 Å². The number of hydrogen-bond donors (Lipinski definition) is 0. The number of furan rings is 1. The molecule has 1 aliphatic rings. The van der Waals surface area contributed by atoms with E-state index in [-0.39, 0.29) is 17.3 Å². The zero-order valence-corrected chi connectivity index (χ0v) is 19.3. The second-order valence-electron chi connectivity index (χ2n) is 7.63. The first kappa shape index (κ1) is 22.2. The van der Waals surface area contributed by atoms with Crippen LogP contribution in [0.2, 0.25) is 5.02 Å². The van der Waals surface area contributed by atoms with Crippen LogP contribution in [0.15, 0.2) is 70.4 Å². The highest BCUT2D eigenvalue weighted by Gasteiger charge is 2.27. The maximum Gasteiger partial charge on any atom is 0.269 e. The third-order valence-corrected chi connectivity index (χ3v) is 6.71. The summed E-state index contributed by atoms with van der Waals surface area (Å²) in [6, 6.07) is 15.6. The highest BCUT2D eigenvalue weighted by molar-refractivity contribution is 7.99. The molecule has 11 heteroatoms. The summed E-state index contributed by atoms with van der Waals surface area (Å²) in [6.45, 7) is 0.899. The van der Waals surface area contributed by atoms with Crippen molar-refractivity contribution >= 4 is 40.6 Å². The van der Waals surface area contributed by atoms with Crippen LogP contribution in [-0.4, -0.2) is 37.9 Å². The predicted molar refractivity (Wildman–Crippen MR) is 128 cm³/mol. The van der Waals surface area contributed by atoms with E-state index < -0.39 is 4.92 Å². The van der Waals surface area contributed by atoms with E-state index >= 15 is 0 Å². The Kier molecular flexibility index (Phi) is 6.08. The lowest BCUT2D eigenvalue weighted by Gasteiger charge is -2.17. The highest BCUT2D eigenvalue weighted by atomic mass is 35.5. The van der Waals surface area contributed by atoms with Crippen molar-refractivity contribution in [3.8, 4) is 11.4 Å². The quantitative estimate of drug-likeness (QED) is 0.205. The number of nitrogens with zero attached hydrogens (tertiary/aromatic N) is 5. The van der Waals surface area contributed by atoms with E-state index in [4.69, 9.17) is 16.0 Å². The zero-order valence-electron chi connectivity index (χ0n) is 17.8. The molecule has 9 nitrogen and oxygen atoms in total. The average Bonchev–Trinajstić information content (AvgIpc) is 3.58. The van der Waals surface area contributed by atoms with Gasteiger partial charge in [-0.3, -0.25) is 19.5 Å². The van der Waals surface area contributed by atoms with Gasteiger partial charge >= 0.3 is 0 Å². The summed E-state index contributed by atoms with van der Waals surface area (Å²) in [7, 11) is 0. The Morgan fingerprint density at radius 1 is 1.18 bits per heavy atom. The molecular weight excluding hydrogens is 478 g/mol. The van der Waals surface area contributed by atoms with E-state index in [2.05, 4.69) is 10.2 Å². The zero-order chi connectivity index (χ0) is 23.7. The van der Waals surface area contributed by atoms with Gasteiger partial charge in [-0.15, -0.1) is 10.2 Å². The summed E-state index contributed by atoms with van der Waals surface area (Å²) < 4.78 is 7.42. The monoisotopic (exact) mass is 495 g/mol. The molecule has 0 radical (unpaired) electrons. The van der Waals surface area contributed by atoms with Crippen molar-refractivity contribution in [1.29, 1.82) is 0 Å². The lowest BCUT2D eigenvalue weighted by Crippen LogP contribution is -2.30. The number of rotatable bonds is 7. The summed E-state index contributed by atoms with van der Waals surface area (Å²) in [5.41, 5.74) is 2.40. The van der Waals surface area contributed by atoms with Gasteiger partial charge in [0.1, 0.15) is 5.76 Å². The number of non-ortho nitro benzene ring substituents is 1. The number of anilines is 1. The molecule has 0 fully saturated rings. The largest absolute Gasteiger partial charge is 0.467 e. The lowest BCUT2D eigenvalue weighted by atomic mass is 10.1. The normalized spacial score (nSPS) is 12.7. The fraction of sp³-hybridized carbons (Fsp3) is 0.174. The predicted octanol–water partition coefficient (Wildman–Crippen LogP) is 4.83. The maximum atomic E-state index is 13.0. The van der Waals surface area contributed by atoms with Crippen molar-refractivity contribution < 1.29 is 14.1 Å². The van der Waals surface area contributed by atoms with Gasteiger partial charge in [0.25, 0.3) is 5.69 Å². The van der Waals surface area contributed by atoms with Crippen LogP contribution in [0.4, 0.5) is 11.4 Å². The number of aromatic nitrogens is 3. The minimum Gasteiger partial charge on any atom is -0.467 e. The molecule has 1 amide bonds. The van der Waals surface area contributed by atoms with Gasteiger partial charge < -0.3 is 9.32 Å². The smallest absolute Gasteiger partial charge is 0.269 e. The molecule has 172 valence electrons. The number of carbonyl (C=O) groups excluding carboxylic acids is 1. The summed E-state index contributed by atoms with van der Waals surface area (Å²) in [4.78, 5) is 25.3. The number of nitro groups is 1. The van der Waals surface area contributed by atoms with Crippen LogP contribution in [0.3, 0.4) is 0 Å². The van der Waals surface area contributed by atoms with E-state index in [1.165, 1.54) is 23.9 Å². The van der Waals surface area contributed by atoms with Crippen LogP contribution < -0.4 is 4.90 Å². The van der Waals surface area contributed by atoms with Gasteiger partial charge in [-0.25, -0.2) is 0 Å². The van der Waals surface area contributed by atoms with Crippen LogP contribution in [0.1, 0.15) is 11.3 Å². The highest BCUT2D eigenvalue weighted by Crippen LogP contribution is 2.32. The maximum absolute atomic E-state index is 13.0. The average molecular weight is 496 g/mol. The molecule has 0 N–H and O–H groups in total. The number of benzene rings is 2. The molecule has 0 saturated carbocycles. The van der Waals surface area contributed by atoms with Gasteiger partial charge in [-0.1, -0.05) is 23.4 Å². The second kappa shape index (κ2) is 9.32. The Labute approximate surface area is 203 Å². The van der Waals surface area contributed by atoms with Gasteiger partial charge in [0.05, 0.1) is 23.5 Å². The van der Waals surface area contributed by atoms with Crippen molar-refractivity contribution in [2.24, 2.45) is 0 Å². The van der Waals surface area contributed by atoms with Crippen LogP contribution in [0.25, 0.3) is 11.4 Å². The summed E-state index contributed by atoms with van der Waals surface area (Å²) >= 11 is 7.32. The van der Waals surface area contributed by atoms with E-state index in [0.717, 1.165) is 22.6 Å². The fourth-order valence-electron chi connectivity index (χ4n) is 3.87. The first-order valence-electron chi connectivity index (χ1n) is 10.4. The molecule has 0 bridgehead atoms. The standard InChI is InChI=1S/C23H18ClN5O4S/c24-17-5-3-15(4-6-17)22-25-26-23(28(22)13-19-2-1-11-33-19)34-14-21(30)27-10-9-16-12-18(29(31)32)7-8-20(16)27/h1-8,11-12H,9-10,13-14H2. The topological polar surface area (TPSA) is 107 Å². The number of carbonyl (C=O) groups is 1. The number of hydrogen-bond acceptors (Lipinski definition) is 7. The van der Waals surface area contributed by atoms with Crippen molar-refractivity contribution in [3.05, 3.63) is 87.3 Å². The third-order valence-electron chi connectivity index (χ3n) is 5.51. The van der Waals surface area contributed by atoms with Crippen LogP contribution in [0, 0.1) is 10.1 Å². The molecule has 0 spiro atoms. The van der Waals surface area contributed by atoms with Gasteiger partial charge in [0, 0.05) is 35.0 Å². The first-order valence-corrected chi connectivity index (χ1v) is 11.8. The third kappa shape index (κ3) is 4.42. The van der Waals surface area contributed by atoms with E-state index in [0.29, 0.717) is 35.5 Å². The number of fused-ring (bicyclic) bond motifs is 1. The molecule has 0 unspecified atom stereocenters. The second-order valence-corrected chi connectivity index (χ2v) is 9.01. The van der Waals surface area contributed by atoms with Gasteiger partial charge in [-0.2, -0.15) is 0 Å². The molecule has 2 aromatic carbocycles. The van der Waals surface area contributed by atoms with Crippen LogP contribution >= 0.6 is 23.4 Å². The Morgan fingerprint density at radius 2 is 2.00 bits per heavy atom. The van der Waals surface area contributed by atoms with Gasteiger partial charge in [0.2, 0.25) is 5.91 Å². The lowest BCUT2D eigenvalue weighted by molar-refractivity contribution is -0.384. The fourth-order valence-corrected chi connectivity index (χ4v) is 4.81. The van der Waals surface area contributed by atoms with E-state index in [9.17, 15) is 14.9 Å². The van der Waals surface area contributed by atoms with E-state index in [1.54, 1.807) is 29.4 Å². The molecule has 1 aliphatic heterocycles. The minimum absolute atomic E-state index is 0.0307. The van der Waals surface area contributed by atoms with Gasteiger partial charge in [0.15, 0.2) is 11.0 Å². The molecule has 34 heavy (non-hydrogen) atoms. The number of halogens is 1. The molecule has 5 rings (SSSR count). The van der Waals surface area contributed by atoms with Crippen LogP contribution in [-0.2, 0) is 17.8 Å².